The molecule has 0 bridgehead atoms. The number of carbonyl (C=O) groups is 1. The largest absolute Gasteiger partial charge is 0.319 e. The van der Waals surface area contributed by atoms with Crippen molar-refractivity contribution >= 4 is 27.5 Å². The van der Waals surface area contributed by atoms with E-state index in [1.165, 1.54) is 0 Å². The van der Waals surface area contributed by atoms with Crippen molar-refractivity contribution in [2.45, 2.75) is 0 Å². The number of aromatic nitrogens is 3. The second-order valence-electron chi connectivity index (χ2n) is 4.28. The van der Waals surface area contributed by atoms with Crippen molar-refractivity contribution < 1.29 is 4.79 Å². The van der Waals surface area contributed by atoms with Crippen molar-refractivity contribution in [3.8, 4) is 5.69 Å². The Kier molecular flexibility index (Phi) is 3.79. The maximum Gasteiger partial charge on any atom is 0.274 e. The van der Waals surface area contributed by atoms with Crippen LogP contribution in [0.2, 0.25) is 0 Å². The molecule has 0 radical (unpaired) electrons. The Hall–Kier alpha value is -2.47. The van der Waals surface area contributed by atoms with E-state index < -0.39 is 0 Å². The number of halogens is 1. The highest BCUT2D eigenvalue weighted by Crippen LogP contribution is 2.19. The third-order valence-corrected chi connectivity index (χ3v) is 3.33. The summed E-state index contributed by atoms with van der Waals surface area (Å²) in [7, 11) is 0. The van der Waals surface area contributed by atoms with Gasteiger partial charge in [-0.25, -0.2) is 9.67 Å². The van der Waals surface area contributed by atoms with E-state index in [4.69, 9.17) is 0 Å². The molecule has 1 aromatic carbocycles. The van der Waals surface area contributed by atoms with Gasteiger partial charge in [-0.3, -0.25) is 4.79 Å². The molecule has 0 saturated heterocycles. The Balaban J connectivity index is 1.88. The number of rotatable bonds is 3. The topological polar surface area (TPSA) is 59.8 Å². The molecule has 0 saturated carbocycles. The zero-order valence-electron chi connectivity index (χ0n) is 10.9. The lowest BCUT2D eigenvalue weighted by atomic mass is 10.2. The Labute approximate surface area is 129 Å². The third-order valence-electron chi connectivity index (χ3n) is 2.86. The van der Waals surface area contributed by atoms with Crippen molar-refractivity contribution in [1.29, 1.82) is 0 Å². The molecule has 0 unspecified atom stereocenters. The van der Waals surface area contributed by atoms with Gasteiger partial charge in [0.15, 0.2) is 0 Å². The van der Waals surface area contributed by atoms with Crippen LogP contribution in [-0.4, -0.2) is 20.7 Å². The number of nitrogens with one attached hydrogen (secondary N) is 1. The van der Waals surface area contributed by atoms with Gasteiger partial charge < -0.3 is 5.32 Å². The standard InChI is InChI=1S/C15H11BrN4O/c16-11-6-7-13(17-10-11)15(21)19-12-4-1-2-5-14(12)20-9-3-8-18-20/h1-10H,(H,19,21). The molecule has 1 amide bonds. The number of amides is 1. The number of nitrogens with zero attached hydrogens (tertiary/aromatic N) is 3. The normalized spacial score (nSPS) is 10.3. The SMILES string of the molecule is O=C(Nc1ccccc1-n1cccn1)c1ccc(Br)cn1. The number of hydrogen-bond donors (Lipinski definition) is 1. The second-order valence-corrected chi connectivity index (χ2v) is 5.20. The predicted molar refractivity (Wildman–Crippen MR) is 83.5 cm³/mol. The number of hydrogen-bond acceptors (Lipinski definition) is 3. The van der Waals surface area contributed by atoms with Gasteiger partial charge in [0.2, 0.25) is 0 Å². The molecule has 0 aliphatic carbocycles. The van der Waals surface area contributed by atoms with E-state index in [9.17, 15) is 4.79 Å². The van der Waals surface area contributed by atoms with E-state index in [-0.39, 0.29) is 5.91 Å². The monoisotopic (exact) mass is 342 g/mol. The van der Waals surface area contributed by atoms with E-state index in [0.717, 1.165) is 10.2 Å². The quantitative estimate of drug-likeness (QED) is 0.794. The molecule has 0 aliphatic rings. The first-order chi connectivity index (χ1) is 10.2. The molecule has 2 heterocycles. The summed E-state index contributed by atoms with van der Waals surface area (Å²) in [5, 5.41) is 7.04. The van der Waals surface area contributed by atoms with Crippen LogP contribution in [0.4, 0.5) is 5.69 Å². The Morgan fingerprint density at radius 2 is 2.00 bits per heavy atom. The average Bonchev–Trinajstić information content (AvgIpc) is 3.02. The summed E-state index contributed by atoms with van der Waals surface area (Å²) in [6, 6.07) is 12.7. The van der Waals surface area contributed by atoms with Crippen LogP contribution >= 0.6 is 15.9 Å². The number of anilines is 1. The van der Waals surface area contributed by atoms with E-state index >= 15 is 0 Å². The molecule has 21 heavy (non-hydrogen) atoms. The minimum atomic E-state index is -0.262. The van der Waals surface area contributed by atoms with Gasteiger partial charge in [-0.05, 0) is 46.3 Å². The molecule has 104 valence electrons. The maximum atomic E-state index is 12.2. The van der Waals surface area contributed by atoms with Crippen LogP contribution in [0.15, 0.2) is 65.5 Å². The van der Waals surface area contributed by atoms with Crippen molar-refractivity contribution in [3.63, 3.8) is 0 Å². The first-order valence-corrected chi connectivity index (χ1v) is 7.05. The van der Waals surface area contributed by atoms with Gasteiger partial charge in [0.05, 0.1) is 11.4 Å². The second kappa shape index (κ2) is 5.88. The average molecular weight is 343 g/mol. The summed E-state index contributed by atoms with van der Waals surface area (Å²) in [5.41, 5.74) is 1.83. The van der Waals surface area contributed by atoms with Crippen LogP contribution in [0, 0.1) is 0 Å². The van der Waals surface area contributed by atoms with Gasteiger partial charge in [0, 0.05) is 23.1 Å². The Morgan fingerprint density at radius 3 is 2.71 bits per heavy atom. The predicted octanol–water partition coefficient (Wildman–Crippen LogP) is 3.28. The molecule has 3 rings (SSSR count). The summed E-state index contributed by atoms with van der Waals surface area (Å²) in [4.78, 5) is 16.3. The van der Waals surface area contributed by atoms with Gasteiger partial charge in [-0.2, -0.15) is 5.10 Å². The number of benzene rings is 1. The van der Waals surface area contributed by atoms with Gasteiger partial charge in [-0.1, -0.05) is 12.1 Å². The van der Waals surface area contributed by atoms with Crippen LogP contribution in [0.25, 0.3) is 5.69 Å². The fourth-order valence-corrected chi connectivity index (χ4v) is 2.12. The third kappa shape index (κ3) is 3.00. The molecule has 0 atom stereocenters. The van der Waals surface area contributed by atoms with Gasteiger partial charge >= 0.3 is 0 Å². The summed E-state index contributed by atoms with van der Waals surface area (Å²) in [5.74, 6) is -0.262. The fourth-order valence-electron chi connectivity index (χ4n) is 1.89. The molecule has 1 N–H and O–H groups in total. The number of carbonyl (C=O) groups excluding carboxylic acids is 1. The highest BCUT2D eigenvalue weighted by molar-refractivity contribution is 9.10. The molecule has 0 aliphatic heterocycles. The van der Waals surface area contributed by atoms with Gasteiger partial charge in [-0.15, -0.1) is 0 Å². The molecule has 0 fully saturated rings. The molecule has 5 nitrogen and oxygen atoms in total. The van der Waals surface area contributed by atoms with E-state index in [1.807, 2.05) is 36.5 Å². The van der Waals surface area contributed by atoms with Crippen LogP contribution in [0.1, 0.15) is 10.5 Å². The fraction of sp³-hybridized carbons (Fsp3) is 0. The van der Waals surface area contributed by atoms with Crippen molar-refractivity contribution in [3.05, 3.63) is 71.2 Å². The Morgan fingerprint density at radius 1 is 1.14 bits per heavy atom. The lowest BCUT2D eigenvalue weighted by Crippen LogP contribution is -2.15. The molecular weight excluding hydrogens is 332 g/mol. The zero-order chi connectivity index (χ0) is 14.7. The number of para-hydroxylation sites is 2. The molecule has 0 spiro atoms. The van der Waals surface area contributed by atoms with Gasteiger partial charge in [0.1, 0.15) is 5.69 Å². The van der Waals surface area contributed by atoms with Crippen LogP contribution < -0.4 is 5.32 Å². The first kappa shape index (κ1) is 13.5. The molecule has 2 aromatic heterocycles. The minimum Gasteiger partial charge on any atom is -0.319 e. The smallest absolute Gasteiger partial charge is 0.274 e. The lowest BCUT2D eigenvalue weighted by Gasteiger charge is -2.10. The molecule has 3 aromatic rings. The van der Waals surface area contributed by atoms with Crippen LogP contribution in [0.5, 0.6) is 0 Å². The summed E-state index contributed by atoms with van der Waals surface area (Å²) < 4.78 is 2.53. The molecule has 6 heteroatoms. The van der Waals surface area contributed by atoms with E-state index in [2.05, 4.69) is 31.3 Å². The van der Waals surface area contributed by atoms with Crippen molar-refractivity contribution in [2.75, 3.05) is 5.32 Å². The summed E-state index contributed by atoms with van der Waals surface area (Å²) in [6.45, 7) is 0. The van der Waals surface area contributed by atoms with E-state index in [0.29, 0.717) is 11.4 Å². The number of pyridine rings is 1. The molecular formula is C15H11BrN4O. The summed E-state index contributed by atoms with van der Waals surface area (Å²) in [6.07, 6.45) is 5.10. The van der Waals surface area contributed by atoms with Crippen molar-refractivity contribution in [2.24, 2.45) is 0 Å². The summed E-state index contributed by atoms with van der Waals surface area (Å²) >= 11 is 3.29. The minimum absolute atomic E-state index is 0.262. The Bertz CT molecular complexity index is 754. The zero-order valence-corrected chi connectivity index (χ0v) is 12.5. The maximum absolute atomic E-state index is 12.2. The van der Waals surface area contributed by atoms with Crippen molar-refractivity contribution in [1.82, 2.24) is 14.8 Å². The first-order valence-electron chi connectivity index (χ1n) is 6.26. The van der Waals surface area contributed by atoms with E-state index in [1.54, 1.807) is 29.2 Å². The highest BCUT2D eigenvalue weighted by Gasteiger charge is 2.11. The van der Waals surface area contributed by atoms with Gasteiger partial charge in [0.25, 0.3) is 5.91 Å². The highest BCUT2D eigenvalue weighted by atomic mass is 79.9. The van der Waals surface area contributed by atoms with Crippen LogP contribution in [0.3, 0.4) is 0 Å². The van der Waals surface area contributed by atoms with Crippen LogP contribution in [-0.2, 0) is 0 Å². The lowest BCUT2D eigenvalue weighted by molar-refractivity contribution is 0.102.